The molecule has 0 saturated carbocycles. The van der Waals surface area contributed by atoms with E-state index in [4.69, 9.17) is 5.73 Å². The molecule has 1 aromatic rings. The van der Waals surface area contributed by atoms with E-state index in [2.05, 4.69) is 37.2 Å². The van der Waals surface area contributed by atoms with Crippen LogP contribution in [0.15, 0.2) is 21.1 Å². The van der Waals surface area contributed by atoms with Gasteiger partial charge < -0.3 is 16.2 Å². The summed E-state index contributed by atoms with van der Waals surface area (Å²) in [5.41, 5.74) is 5.15. The normalized spacial score (nSPS) is 13.7. The molecule has 1 aromatic carbocycles. The number of carbonyl (C=O) groups is 2. The monoisotopic (exact) mass is 406 g/mol. The number of halogens is 2. The zero-order valence-corrected chi connectivity index (χ0v) is 14.3. The number of carboxylic acids is 1. The number of nitrogens with two attached hydrogens (primary N) is 1. The highest BCUT2D eigenvalue weighted by Crippen LogP contribution is 2.32. The smallest absolute Gasteiger partial charge is 0.337 e. The molecule has 0 aliphatic heterocycles. The summed E-state index contributed by atoms with van der Waals surface area (Å²) in [7, 11) is 0. The van der Waals surface area contributed by atoms with Crippen molar-refractivity contribution < 1.29 is 14.7 Å². The molecule has 4 N–H and O–H groups in total. The van der Waals surface area contributed by atoms with E-state index in [1.54, 1.807) is 13.0 Å². The van der Waals surface area contributed by atoms with E-state index in [0.717, 1.165) is 0 Å². The zero-order chi connectivity index (χ0) is 15.5. The van der Waals surface area contributed by atoms with E-state index in [-0.39, 0.29) is 23.7 Å². The summed E-state index contributed by atoms with van der Waals surface area (Å²) >= 11 is 6.49. The van der Waals surface area contributed by atoms with Crippen LogP contribution < -0.4 is 11.1 Å². The van der Waals surface area contributed by atoms with Crippen LogP contribution in [0.5, 0.6) is 0 Å². The summed E-state index contributed by atoms with van der Waals surface area (Å²) in [6.07, 6.45) is 0.561. The molecule has 0 fully saturated rings. The lowest BCUT2D eigenvalue weighted by atomic mass is 9.86. The molecule has 1 atom stereocenters. The van der Waals surface area contributed by atoms with Crippen molar-refractivity contribution in [2.45, 2.75) is 20.3 Å². The Morgan fingerprint density at radius 3 is 2.45 bits per heavy atom. The predicted molar refractivity (Wildman–Crippen MR) is 84.9 cm³/mol. The third kappa shape index (κ3) is 3.59. The Morgan fingerprint density at radius 2 is 2.00 bits per heavy atom. The third-order valence-corrected chi connectivity index (χ3v) is 4.39. The molecular weight excluding hydrogens is 392 g/mol. The number of hydrogen-bond acceptors (Lipinski definition) is 3. The van der Waals surface area contributed by atoms with Crippen LogP contribution in [0.1, 0.15) is 30.6 Å². The quantitative estimate of drug-likeness (QED) is 0.698. The molecule has 0 heterocycles. The van der Waals surface area contributed by atoms with Gasteiger partial charge in [0.05, 0.1) is 16.7 Å². The lowest BCUT2D eigenvalue weighted by Crippen LogP contribution is -2.39. The molecule has 0 radical (unpaired) electrons. The number of hydrogen-bond donors (Lipinski definition) is 3. The Labute approximate surface area is 134 Å². The number of aromatic carboxylic acids is 1. The van der Waals surface area contributed by atoms with Gasteiger partial charge in [-0.3, -0.25) is 4.79 Å². The van der Waals surface area contributed by atoms with Gasteiger partial charge in [0.15, 0.2) is 0 Å². The first-order valence-electron chi connectivity index (χ1n) is 5.99. The summed E-state index contributed by atoms with van der Waals surface area (Å²) in [6.45, 7) is 3.79. The summed E-state index contributed by atoms with van der Waals surface area (Å²) in [4.78, 5) is 23.6. The van der Waals surface area contributed by atoms with Gasteiger partial charge in [0.1, 0.15) is 0 Å². The van der Waals surface area contributed by atoms with Crippen LogP contribution in [0.25, 0.3) is 0 Å². The summed E-state index contributed by atoms with van der Waals surface area (Å²) in [6, 6.07) is 3.11. The fourth-order valence-electron chi connectivity index (χ4n) is 1.53. The van der Waals surface area contributed by atoms with Crippen LogP contribution in [0.2, 0.25) is 0 Å². The van der Waals surface area contributed by atoms with E-state index in [1.165, 1.54) is 6.07 Å². The van der Waals surface area contributed by atoms with E-state index in [1.807, 2.05) is 6.92 Å². The number of rotatable bonds is 5. The van der Waals surface area contributed by atoms with Crippen molar-refractivity contribution in [2.75, 3.05) is 11.9 Å². The topological polar surface area (TPSA) is 92.4 Å². The third-order valence-electron chi connectivity index (χ3n) is 3.30. The van der Waals surface area contributed by atoms with Gasteiger partial charge in [-0.05, 0) is 41.4 Å². The maximum absolute atomic E-state index is 12.3. The van der Waals surface area contributed by atoms with Crippen LogP contribution in [-0.2, 0) is 4.79 Å². The Kier molecular flexibility index (Phi) is 5.73. The second-order valence-corrected chi connectivity index (χ2v) is 6.46. The molecule has 0 aliphatic rings. The maximum atomic E-state index is 12.3. The number of nitrogens with one attached hydrogen (secondary N) is 1. The standard InChI is InChI=1S/C13H16Br2N2O3/c1-3-13(2,6-16)12(20)17-10-8(11(18)19)4-7(14)5-9(10)15/h4-5H,3,6,16H2,1-2H3,(H,17,20)(H,18,19). The first-order valence-corrected chi connectivity index (χ1v) is 7.57. The van der Waals surface area contributed by atoms with E-state index < -0.39 is 11.4 Å². The molecule has 0 aliphatic carbocycles. The molecule has 7 heteroatoms. The van der Waals surface area contributed by atoms with Crippen molar-refractivity contribution in [3.63, 3.8) is 0 Å². The zero-order valence-electron chi connectivity index (χ0n) is 11.2. The molecule has 1 unspecified atom stereocenters. The molecule has 110 valence electrons. The van der Waals surface area contributed by atoms with Crippen molar-refractivity contribution in [1.82, 2.24) is 0 Å². The fraction of sp³-hybridized carbons (Fsp3) is 0.385. The number of amides is 1. The lowest BCUT2D eigenvalue weighted by molar-refractivity contribution is -0.124. The van der Waals surface area contributed by atoms with E-state index in [9.17, 15) is 14.7 Å². The molecule has 1 amide bonds. The highest BCUT2D eigenvalue weighted by molar-refractivity contribution is 9.11. The van der Waals surface area contributed by atoms with E-state index >= 15 is 0 Å². The molecule has 0 saturated heterocycles. The Bertz CT molecular complexity index is 543. The minimum atomic E-state index is -1.12. The van der Waals surface area contributed by atoms with Crippen molar-refractivity contribution >= 4 is 49.4 Å². The number of carboxylic acid groups (broad SMARTS) is 1. The molecule has 0 spiro atoms. The van der Waals surface area contributed by atoms with Crippen molar-refractivity contribution in [1.29, 1.82) is 0 Å². The summed E-state index contributed by atoms with van der Waals surface area (Å²) < 4.78 is 1.10. The summed E-state index contributed by atoms with van der Waals surface area (Å²) in [5, 5.41) is 11.9. The van der Waals surface area contributed by atoms with Crippen LogP contribution in [-0.4, -0.2) is 23.5 Å². The molecular formula is C13H16Br2N2O3. The molecule has 5 nitrogen and oxygen atoms in total. The van der Waals surface area contributed by atoms with Gasteiger partial charge in [-0.2, -0.15) is 0 Å². The van der Waals surface area contributed by atoms with Gasteiger partial charge in [0.25, 0.3) is 0 Å². The van der Waals surface area contributed by atoms with Gasteiger partial charge in [-0.25, -0.2) is 4.79 Å². The molecule has 1 rings (SSSR count). The van der Waals surface area contributed by atoms with Crippen LogP contribution in [0.4, 0.5) is 5.69 Å². The van der Waals surface area contributed by atoms with Crippen molar-refractivity contribution in [3.8, 4) is 0 Å². The van der Waals surface area contributed by atoms with Gasteiger partial charge in [-0.1, -0.05) is 22.9 Å². The molecule has 0 bridgehead atoms. The van der Waals surface area contributed by atoms with Crippen LogP contribution in [0, 0.1) is 5.41 Å². The fourth-order valence-corrected chi connectivity index (χ4v) is 2.86. The molecule has 20 heavy (non-hydrogen) atoms. The van der Waals surface area contributed by atoms with Gasteiger partial charge in [0.2, 0.25) is 5.91 Å². The first kappa shape index (κ1) is 17.1. The van der Waals surface area contributed by atoms with Crippen molar-refractivity contribution in [3.05, 3.63) is 26.6 Å². The van der Waals surface area contributed by atoms with Gasteiger partial charge >= 0.3 is 5.97 Å². The predicted octanol–water partition coefficient (Wildman–Crippen LogP) is 3.22. The second-order valence-electron chi connectivity index (χ2n) is 4.69. The van der Waals surface area contributed by atoms with Gasteiger partial charge in [0, 0.05) is 15.5 Å². The minimum absolute atomic E-state index is 0.00933. The van der Waals surface area contributed by atoms with Crippen molar-refractivity contribution in [2.24, 2.45) is 11.1 Å². The highest BCUT2D eigenvalue weighted by atomic mass is 79.9. The average Bonchev–Trinajstić information content (AvgIpc) is 2.39. The highest BCUT2D eigenvalue weighted by Gasteiger charge is 2.31. The first-order chi connectivity index (χ1) is 9.25. The molecule has 0 aromatic heterocycles. The minimum Gasteiger partial charge on any atom is -0.478 e. The van der Waals surface area contributed by atoms with Gasteiger partial charge in [-0.15, -0.1) is 0 Å². The Balaban J connectivity index is 3.22. The summed E-state index contributed by atoms with van der Waals surface area (Å²) in [5.74, 6) is -1.42. The number of anilines is 1. The Morgan fingerprint density at radius 1 is 1.40 bits per heavy atom. The number of carbonyl (C=O) groups excluding carboxylic acids is 1. The van der Waals surface area contributed by atoms with E-state index in [0.29, 0.717) is 15.4 Å². The lowest BCUT2D eigenvalue weighted by Gasteiger charge is -2.25. The SMILES string of the molecule is CCC(C)(CN)C(=O)Nc1c(Br)cc(Br)cc1C(=O)O. The van der Waals surface area contributed by atoms with Crippen LogP contribution in [0.3, 0.4) is 0 Å². The Hall–Kier alpha value is -0.920. The second kappa shape index (κ2) is 6.69. The average molecular weight is 408 g/mol. The number of benzene rings is 1. The maximum Gasteiger partial charge on any atom is 0.337 e. The largest absolute Gasteiger partial charge is 0.478 e. The van der Waals surface area contributed by atoms with Crippen LogP contribution >= 0.6 is 31.9 Å².